The molecule has 2 aromatic carbocycles. The Balaban J connectivity index is 1.55. The minimum absolute atomic E-state index is 0.0480. The first kappa shape index (κ1) is 19.0. The molecule has 0 aromatic heterocycles. The minimum Gasteiger partial charge on any atom is -0.349 e. The van der Waals surface area contributed by atoms with Crippen LogP contribution in [0.1, 0.15) is 53.6 Å². The van der Waals surface area contributed by atoms with E-state index < -0.39 is 0 Å². The Bertz CT molecular complexity index is 809. The Labute approximate surface area is 160 Å². The summed E-state index contributed by atoms with van der Waals surface area (Å²) in [6.07, 6.45) is 5.75. The number of nitrogens with one attached hydrogen (secondary N) is 3. The van der Waals surface area contributed by atoms with E-state index in [2.05, 4.69) is 16.0 Å². The van der Waals surface area contributed by atoms with Gasteiger partial charge in [-0.15, -0.1) is 0 Å². The van der Waals surface area contributed by atoms with Gasteiger partial charge in [0, 0.05) is 23.0 Å². The van der Waals surface area contributed by atoms with Crippen LogP contribution in [0.15, 0.2) is 42.5 Å². The first-order valence-corrected chi connectivity index (χ1v) is 9.57. The SMILES string of the molecule is Cc1ccc(NC(=O)Nc2ccc(C(=O)NC3CCCCC3)cc2)c(C)c1. The maximum absolute atomic E-state index is 12.3. The summed E-state index contributed by atoms with van der Waals surface area (Å²) in [5.41, 5.74) is 4.20. The highest BCUT2D eigenvalue weighted by Crippen LogP contribution is 2.19. The van der Waals surface area contributed by atoms with Gasteiger partial charge >= 0.3 is 6.03 Å². The van der Waals surface area contributed by atoms with Gasteiger partial charge in [0.1, 0.15) is 0 Å². The number of carbonyl (C=O) groups is 2. The van der Waals surface area contributed by atoms with Crippen LogP contribution >= 0.6 is 0 Å². The third-order valence-corrected chi connectivity index (χ3v) is 4.98. The molecule has 0 unspecified atom stereocenters. The molecule has 5 heteroatoms. The van der Waals surface area contributed by atoms with E-state index in [1.54, 1.807) is 24.3 Å². The van der Waals surface area contributed by atoms with E-state index in [-0.39, 0.29) is 18.0 Å². The number of aryl methyl sites for hydroxylation is 2. The van der Waals surface area contributed by atoms with Crippen molar-refractivity contribution >= 4 is 23.3 Å². The highest BCUT2D eigenvalue weighted by atomic mass is 16.2. The largest absolute Gasteiger partial charge is 0.349 e. The van der Waals surface area contributed by atoms with Crippen molar-refractivity contribution in [2.24, 2.45) is 0 Å². The van der Waals surface area contributed by atoms with Crippen molar-refractivity contribution in [3.8, 4) is 0 Å². The molecular weight excluding hydrogens is 338 g/mol. The zero-order valence-corrected chi connectivity index (χ0v) is 16.0. The van der Waals surface area contributed by atoms with Crippen molar-refractivity contribution in [3.63, 3.8) is 0 Å². The molecule has 0 atom stereocenters. The van der Waals surface area contributed by atoms with E-state index in [9.17, 15) is 9.59 Å². The van der Waals surface area contributed by atoms with Crippen molar-refractivity contribution in [1.29, 1.82) is 0 Å². The van der Waals surface area contributed by atoms with Gasteiger partial charge in [-0.2, -0.15) is 0 Å². The molecule has 1 fully saturated rings. The van der Waals surface area contributed by atoms with Crippen LogP contribution in [0.3, 0.4) is 0 Å². The smallest absolute Gasteiger partial charge is 0.323 e. The molecule has 5 nitrogen and oxygen atoms in total. The number of amides is 3. The molecule has 0 heterocycles. The predicted octanol–water partition coefficient (Wildman–Crippen LogP) is 5.01. The number of urea groups is 1. The van der Waals surface area contributed by atoms with Gasteiger partial charge < -0.3 is 16.0 Å². The molecule has 142 valence electrons. The highest BCUT2D eigenvalue weighted by Gasteiger charge is 2.16. The third-order valence-electron chi connectivity index (χ3n) is 4.98. The maximum atomic E-state index is 12.3. The molecule has 3 N–H and O–H groups in total. The summed E-state index contributed by atoms with van der Waals surface area (Å²) in [7, 11) is 0. The van der Waals surface area contributed by atoms with E-state index in [1.165, 1.54) is 19.3 Å². The van der Waals surface area contributed by atoms with Gasteiger partial charge in [0.15, 0.2) is 0 Å². The number of carbonyl (C=O) groups excluding carboxylic acids is 2. The maximum Gasteiger partial charge on any atom is 0.323 e. The van der Waals surface area contributed by atoms with Crippen LogP contribution in [0.5, 0.6) is 0 Å². The van der Waals surface area contributed by atoms with Crippen molar-refractivity contribution in [2.75, 3.05) is 10.6 Å². The normalized spacial score (nSPS) is 14.4. The fraction of sp³-hybridized carbons (Fsp3) is 0.364. The van der Waals surface area contributed by atoms with Crippen molar-refractivity contribution in [1.82, 2.24) is 5.32 Å². The third kappa shape index (κ3) is 5.33. The summed E-state index contributed by atoms with van der Waals surface area (Å²) in [6, 6.07) is 12.8. The van der Waals surface area contributed by atoms with Gasteiger partial charge in [-0.3, -0.25) is 4.79 Å². The van der Waals surface area contributed by atoms with Gasteiger partial charge in [-0.05, 0) is 62.6 Å². The fourth-order valence-corrected chi connectivity index (χ4v) is 3.46. The van der Waals surface area contributed by atoms with E-state index in [0.29, 0.717) is 11.3 Å². The number of hydrogen-bond donors (Lipinski definition) is 3. The van der Waals surface area contributed by atoms with Crippen LogP contribution in [0, 0.1) is 13.8 Å². The van der Waals surface area contributed by atoms with Gasteiger partial charge in [-0.25, -0.2) is 4.79 Å². The average Bonchev–Trinajstić information content (AvgIpc) is 2.65. The molecule has 2 aromatic rings. The predicted molar refractivity (Wildman–Crippen MR) is 109 cm³/mol. The summed E-state index contributed by atoms with van der Waals surface area (Å²) < 4.78 is 0. The molecule has 3 rings (SSSR count). The average molecular weight is 365 g/mol. The summed E-state index contributed by atoms with van der Waals surface area (Å²) in [6.45, 7) is 3.98. The quantitative estimate of drug-likeness (QED) is 0.713. The van der Waals surface area contributed by atoms with Crippen molar-refractivity contribution in [3.05, 3.63) is 59.2 Å². The lowest BCUT2D eigenvalue weighted by molar-refractivity contribution is 0.0927. The van der Waals surface area contributed by atoms with Crippen LogP contribution in [0.4, 0.5) is 16.2 Å². The van der Waals surface area contributed by atoms with E-state index in [1.807, 2.05) is 32.0 Å². The lowest BCUT2D eigenvalue weighted by Gasteiger charge is -2.22. The lowest BCUT2D eigenvalue weighted by atomic mass is 9.95. The van der Waals surface area contributed by atoms with Crippen LogP contribution in [-0.4, -0.2) is 18.0 Å². The van der Waals surface area contributed by atoms with Gasteiger partial charge in [-0.1, -0.05) is 37.0 Å². The molecule has 0 radical (unpaired) electrons. The summed E-state index contributed by atoms with van der Waals surface area (Å²) >= 11 is 0. The standard InChI is InChI=1S/C22H27N3O2/c1-15-8-13-20(16(2)14-15)25-22(27)24-19-11-9-17(10-12-19)21(26)23-18-6-4-3-5-7-18/h8-14,18H,3-7H2,1-2H3,(H,23,26)(H2,24,25,27). The van der Waals surface area contributed by atoms with Gasteiger partial charge in [0.05, 0.1) is 0 Å². The zero-order chi connectivity index (χ0) is 19.2. The van der Waals surface area contributed by atoms with E-state index in [4.69, 9.17) is 0 Å². The van der Waals surface area contributed by atoms with Crippen LogP contribution in [-0.2, 0) is 0 Å². The Morgan fingerprint density at radius 3 is 2.26 bits per heavy atom. The van der Waals surface area contributed by atoms with Gasteiger partial charge in [0.25, 0.3) is 5.91 Å². The summed E-state index contributed by atoms with van der Waals surface area (Å²) in [5.74, 6) is -0.0480. The number of hydrogen-bond acceptors (Lipinski definition) is 2. The topological polar surface area (TPSA) is 70.2 Å². The molecule has 0 saturated heterocycles. The van der Waals surface area contributed by atoms with E-state index >= 15 is 0 Å². The molecule has 0 aliphatic heterocycles. The minimum atomic E-state index is -0.304. The second kappa shape index (κ2) is 8.71. The van der Waals surface area contributed by atoms with Crippen LogP contribution in [0.2, 0.25) is 0 Å². The summed E-state index contributed by atoms with van der Waals surface area (Å²) in [4.78, 5) is 24.5. The Kier molecular flexibility index (Phi) is 6.12. The first-order chi connectivity index (χ1) is 13.0. The zero-order valence-electron chi connectivity index (χ0n) is 16.0. The fourth-order valence-electron chi connectivity index (χ4n) is 3.46. The second-order valence-corrected chi connectivity index (χ2v) is 7.28. The molecular formula is C22H27N3O2. The van der Waals surface area contributed by atoms with Gasteiger partial charge in [0.2, 0.25) is 0 Å². The monoisotopic (exact) mass is 365 g/mol. The second-order valence-electron chi connectivity index (χ2n) is 7.28. The van der Waals surface area contributed by atoms with Crippen LogP contribution < -0.4 is 16.0 Å². The molecule has 1 saturated carbocycles. The molecule has 27 heavy (non-hydrogen) atoms. The molecule has 0 spiro atoms. The van der Waals surface area contributed by atoms with Crippen LogP contribution in [0.25, 0.3) is 0 Å². The Morgan fingerprint density at radius 1 is 0.889 bits per heavy atom. The van der Waals surface area contributed by atoms with Crippen molar-refractivity contribution in [2.45, 2.75) is 52.0 Å². The number of anilines is 2. The molecule has 3 amide bonds. The molecule has 1 aliphatic carbocycles. The summed E-state index contributed by atoms with van der Waals surface area (Å²) in [5, 5.41) is 8.75. The number of rotatable bonds is 4. The Hall–Kier alpha value is -2.82. The van der Waals surface area contributed by atoms with Crippen molar-refractivity contribution < 1.29 is 9.59 Å². The lowest BCUT2D eigenvalue weighted by Crippen LogP contribution is -2.36. The van der Waals surface area contributed by atoms with E-state index in [0.717, 1.165) is 29.7 Å². The highest BCUT2D eigenvalue weighted by molar-refractivity contribution is 6.01. The number of benzene rings is 2. The first-order valence-electron chi connectivity index (χ1n) is 9.57. The Morgan fingerprint density at radius 2 is 1.59 bits per heavy atom. The molecule has 1 aliphatic rings. The molecule has 0 bridgehead atoms.